The molecule has 1 aromatic rings. The van der Waals surface area contributed by atoms with E-state index in [1.165, 1.54) is 7.11 Å². The number of ether oxygens (including phenoxy) is 1. The predicted molar refractivity (Wildman–Crippen MR) is 81.1 cm³/mol. The van der Waals surface area contributed by atoms with E-state index in [0.29, 0.717) is 5.56 Å². The fourth-order valence-corrected chi connectivity index (χ4v) is 3.17. The molecule has 4 nitrogen and oxygen atoms in total. The molecular weight excluding hydrogens is 322 g/mol. The molecule has 20 heavy (non-hydrogen) atoms. The fourth-order valence-electron chi connectivity index (χ4n) is 2.53. The highest BCUT2D eigenvalue weighted by Crippen LogP contribution is 2.28. The minimum Gasteiger partial charge on any atom is -0.469 e. The van der Waals surface area contributed by atoms with Crippen LogP contribution in [0.4, 0.5) is 5.69 Å². The average molecular weight is 340 g/mol. The fraction of sp³-hybridized carbons (Fsp3) is 0.467. The molecule has 0 N–H and O–H groups in total. The van der Waals surface area contributed by atoms with Crippen LogP contribution < -0.4 is 4.90 Å². The molecule has 1 aromatic carbocycles. The van der Waals surface area contributed by atoms with Gasteiger partial charge in [0, 0.05) is 28.8 Å². The molecule has 1 saturated heterocycles. The number of ketones is 1. The second kappa shape index (κ2) is 6.39. The van der Waals surface area contributed by atoms with Crippen molar-refractivity contribution in [3.05, 3.63) is 28.2 Å². The van der Waals surface area contributed by atoms with Gasteiger partial charge in [-0.1, -0.05) is 0 Å². The van der Waals surface area contributed by atoms with Gasteiger partial charge in [0.1, 0.15) is 0 Å². The Hall–Kier alpha value is -1.36. The molecule has 2 rings (SSSR count). The maximum atomic E-state index is 11.5. The number of Topliss-reactive ketones (excluding diaryl/α,β-unsaturated/α-hetero) is 1. The van der Waals surface area contributed by atoms with E-state index in [2.05, 4.69) is 20.8 Å². The van der Waals surface area contributed by atoms with Crippen LogP contribution >= 0.6 is 15.9 Å². The molecule has 0 saturated carbocycles. The number of hydrogen-bond acceptors (Lipinski definition) is 4. The molecule has 0 aliphatic carbocycles. The van der Waals surface area contributed by atoms with Crippen LogP contribution in [-0.4, -0.2) is 32.0 Å². The van der Waals surface area contributed by atoms with E-state index in [4.69, 9.17) is 4.74 Å². The van der Waals surface area contributed by atoms with Crippen LogP contribution in [0.2, 0.25) is 0 Å². The average Bonchev–Trinajstić information content (AvgIpc) is 2.46. The summed E-state index contributed by atoms with van der Waals surface area (Å²) in [6.07, 6.45) is 1.61. The second-order valence-corrected chi connectivity index (χ2v) is 5.86. The van der Waals surface area contributed by atoms with Gasteiger partial charge in [-0.2, -0.15) is 0 Å². The Morgan fingerprint density at radius 1 is 1.30 bits per heavy atom. The van der Waals surface area contributed by atoms with Crippen molar-refractivity contribution in [1.82, 2.24) is 0 Å². The van der Waals surface area contributed by atoms with Crippen LogP contribution in [0.15, 0.2) is 22.7 Å². The van der Waals surface area contributed by atoms with Crippen molar-refractivity contribution in [3.8, 4) is 0 Å². The van der Waals surface area contributed by atoms with E-state index in [0.717, 1.165) is 36.1 Å². The monoisotopic (exact) mass is 339 g/mol. The van der Waals surface area contributed by atoms with E-state index in [1.807, 2.05) is 18.2 Å². The summed E-state index contributed by atoms with van der Waals surface area (Å²) in [4.78, 5) is 25.1. The highest BCUT2D eigenvalue weighted by molar-refractivity contribution is 9.10. The third kappa shape index (κ3) is 3.20. The van der Waals surface area contributed by atoms with Gasteiger partial charge in [-0.15, -0.1) is 0 Å². The van der Waals surface area contributed by atoms with Crippen LogP contribution in [0.1, 0.15) is 30.1 Å². The summed E-state index contributed by atoms with van der Waals surface area (Å²) < 4.78 is 5.61. The maximum absolute atomic E-state index is 11.5. The van der Waals surface area contributed by atoms with Crippen LogP contribution in [0, 0.1) is 5.92 Å². The first-order chi connectivity index (χ1) is 9.52. The van der Waals surface area contributed by atoms with Crippen molar-refractivity contribution < 1.29 is 14.3 Å². The SMILES string of the molecule is COC(=O)C1CCN(c2ccc(C(C)=O)c(Br)c2)CC1. The van der Waals surface area contributed by atoms with Crippen molar-refractivity contribution in [3.63, 3.8) is 0 Å². The first-order valence-corrected chi connectivity index (χ1v) is 7.45. The zero-order valence-electron chi connectivity index (χ0n) is 11.7. The number of rotatable bonds is 3. The largest absolute Gasteiger partial charge is 0.469 e. The molecular formula is C15H18BrNO3. The Balaban J connectivity index is 2.06. The van der Waals surface area contributed by atoms with Gasteiger partial charge in [-0.05, 0) is 53.9 Å². The smallest absolute Gasteiger partial charge is 0.308 e. The topological polar surface area (TPSA) is 46.6 Å². The molecule has 0 amide bonds. The highest BCUT2D eigenvalue weighted by atomic mass is 79.9. The normalized spacial score (nSPS) is 16.1. The first kappa shape index (κ1) is 15.0. The number of methoxy groups -OCH3 is 1. The Kier molecular flexibility index (Phi) is 4.81. The molecule has 0 atom stereocenters. The standard InChI is InChI=1S/C15H18BrNO3/c1-10(18)13-4-3-12(9-14(13)16)17-7-5-11(6-8-17)15(19)20-2/h3-4,9,11H,5-8H2,1-2H3. The van der Waals surface area contributed by atoms with Gasteiger partial charge >= 0.3 is 5.97 Å². The van der Waals surface area contributed by atoms with Crippen LogP contribution in [0.25, 0.3) is 0 Å². The molecule has 1 fully saturated rings. The number of hydrogen-bond donors (Lipinski definition) is 0. The number of piperidine rings is 1. The lowest BCUT2D eigenvalue weighted by Crippen LogP contribution is -2.36. The number of anilines is 1. The summed E-state index contributed by atoms with van der Waals surface area (Å²) in [6.45, 7) is 3.21. The Morgan fingerprint density at radius 2 is 1.95 bits per heavy atom. The van der Waals surface area contributed by atoms with Gasteiger partial charge in [0.2, 0.25) is 0 Å². The summed E-state index contributed by atoms with van der Waals surface area (Å²) in [5, 5.41) is 0. The number of benzene rings is 1. The van der Waals surface area contributed by atoms with Gasteiger partial charge in [-0.3, -0.25) is 9.59 Å². The number of esters is 1. The molecule has 0 aromatic heterocycles. The van der Waals surface area contributed by atoms with Crippen molar-refractivity contribution in [2.24, 2.45) is 5.92 Å². The summed E-state index contributed by atoms with van der Waals surface area (Å²) in [5.41, 5.74) is 1.77. The van der Waals surface area contributed by atoms with Crippen LogP contribution in [0.5, 0.6) is 0 Å². The van der Waals surface area contributed by atoms with Gasteiger partial charge < -0.3 is 9.64 Å². The van der Waals surface area contributed by atoms with Crippen LogP contribution in [-0.2, 0) is 9.53 Å². The summed E-state index contributed by atoms with van der Waals surface area (Å²) >= 11 is 3.44. The predicted octanol–water partition coefficient (Wildman–Crippen LogP) is 3.04. The number of nitrogens with zero attached hydrogens (tertiary/aromatic N) is 1. The molecule has 1 heterocycles. The van der Waals surface area contributed by atoms with Crippen molar-refractivity contribution in [1.29, 1.82) is 0 Å². The van der Waals surface area contributed by atoms with Crippen molar-refractivity contribution in [2.75, 3.05) is 25.1 Å². The Labute approximate surface area is 127 Å². The van der Waals surface area contributed by atoms with Crippen molar-refractivity contribution in [2.45, 2.75) is 19.8 Å². The van der Waals surface area contributed by atoms with E-state index >= 15 is 0 Å². The lowest BCUT2D eigenvalue weighted by molar-refractivity contribution is -0.146. The van der Waals surface area contributed by atoms with E-state index < -0.39 is 0 Å². The van der Waals surface area contributed by atoms with Crippen LogP contribution in [0.3, 0.4) is 0 Å². The number of carbonyl (C=O) groups excluding carboxylic acids is 2. The lowest BCUT2D eigenvalue weighted by atomic mass is 9.96. The molecule has 0 unspecified atom stereocenters. The van der Waals surface area contributed by atoms with Crippen molar-refractivity contribution >= 4 is 33.4 Å². The Bertz CT molecular complexity index is 522. The Morgan fingerprint density at radius 3 is 2.45 bits per heavy atom. The molecule has 1 aliphatic heterocycles. The molecule has 0 radical (unpaired) electrons. The third-order valence-corrected chi connectivity index (χ3v) is 4.38. The molecule has 1 aliphatic rings. The molecule has 108 valence electrons. The molecule has 0 spiro atoms. The van der Waals surface area contributed by atoms with E-state index in [9.17, 15) is 9.59 Å². The van der Waals surface area contributed by atoms with E-state index in [1.54, 1.807) is 6.92 Å². The minimum absolute atomic E-state index is 0.0104. The lowest BCUT2D eigenvalue weighted by Gasteiger charge is -2.32. The zero-order chi connectivity index (χ0) is 14.7. The van der Waals surface area contributed by atoms with Gasteiger partial charge in [0.05, 0.1) is 13.0 Å². The second-order valence-electron chi connectivity index (χ2n) is 5.00. The summed E-state index contributed by atoms with van der Waals surface area (Å²) in [7, 11) is 1.44. The summed E-state index contributed by atoms with van der Waals surface area (Å²) in [6, 6.07) is 5.77. The molecule has 0 bridgehead atoms. The van der Waals surface area contributed by atoms with E-state index in [-0.39, 0.29) is 17.7 Å². The minimum atomic E-state index is -0.113. The molecule has 5 heteroatoms. The number of halogens is 1. The van der Waals surface area contributed by atoms with Gasteiger partial charge in [0.25, 0.3) is 0 Å². The third-order valence-electron chi connectivity index (χ3n) is 3.73. The highest BCUT2D eigenvalue weighted by Gasteiger charge is 2.25. The number of carbonyl (C=O) groups is 2. The van der Waals surface area contributed by atoms with Gasteiger partial charge in [-0.25, -0.2) is 0 Å². The zero-order valence-corrected chi connectivity index (χ0v) is 13.3. The quantitative estimate of drug-likeness (QED) is 0.627. The maximum Gasteiger partial charge on any atom is 0.308 e. The van der Waals surface area contributed by atoms with Gasteiger partial charge in [0.15, 0.2) is 5.78 Å². The first-order valence-electron chi connectivity index (χ1n) is 6.66. The summed E-state index contributed by atoms with van der Waals surface area (Å²) in [5.74, 6) is -0.0539.